The van der Waals surface area contributed by atoms with E-state index in [-0.39, 0.29) is 5.82 Å². The monoisotopic (exact) mass is 263 g/mol. The lowest BCUT2D eigenvalue weighted by Crippen LogP contribution is -1.90. The van der Waals surface area contributed by atoms with E-state index in [1.54, 1.807) is 6.07 Å². The highest BCUT2D eigenvalue weighted by Crippen LogP contribution is 2.37. The van der Waals surface area contributed by atoms with Crippen molar-refractivity contribution in [1.82, 2.24) is 0 Å². The van der Waals surface area contributed by atoms with Gasteiger partial charge in [-0.2, -0.15) is 0 Å². The van der Waals surface area contributed by atoms with Gasteiger partial charge in [-0.1, -0.05) is 42.5 Å². The molecule has 0 fully saturated rings. The number of anilines is 1. The highest BCUT2D eigenvalue weighted by Gasteiger charge is 2.16. The lowest BCUT2D eigenvalue weighted by Gasteiger charge is -2.11. The third-order valence-electron chi connectivity index (χ3n) is 4.03. The third-order valence-corrected chi connectivity index (χ3v) is 4.03. The average Bonchev–Trinajstić information content (AvgIpc) is 2.97. The van der Waals surface area contributed by atoms with Crippen LogP contribution in [0.25, 0.3) is 21.9 Å². The maximum absolute atomic E-state index is 13.9. The maximum atomic E-state index is 13.9. The van der Waals surface area contributed by atoms with Crippen molar-refractivity contribution in [3.63, 3.8) is 0 Å². The largest absolute Gasteiger partial charge is 0.384 e. The predicted molar refractivity (Wildman–Crippen MR) is 81.5 cm³/mol. The van der Waals surface area contributed by atoms with E-state index in [9.17, 15) is 4.39 Å². The first-order valence-corrected chi connectivity index (χ1v) is 6.88. The Morgan fingerprint density at radius 3 is 2.55 bits per heavy atom. The molecule has 1 N–H and O–H groups in total. The average molecular weight is 263 g/mol. The summed E-state index contributed by atoms with van der Waals surface area (Å²) in [5.74, 6) is -0.157. The normalized spacial score (nSPS) is 13.2. The highest BCUT2D eigenvalue weighted by atomic mass is 19.1. The van der Waals surface area contributed by atoms with Gasteiger partial charge >= 0.3 is 0 Å². The molecule has 1 aliphatic rings. The summed E-state index contributed by atoms with van der Waals surface area (Å²) in [5, 5.41) is 5.06. The summed E-state index contributed by atoms with van der Waals surface area (Å²) < 4.78 is 13.9. The first-order chi connectivity index (χ1) is 9.84. The molecule has 0 saturated carbocycles. The molecule has 0 aromatic heterocycles. The molecule has 98 valence electrons. The zero-order valence-corrected chi connectivity index (χ0v) is 11.0. The Balaban J connectivity index is 2.05. The van der Waals surface area contributed by atoms with Gasteiger partial charge in [-0.05, 0) is 40.6 Å². The van der Waals surface area contributed by atoms with E-state index in [0.29, 0.717) is 5.39 Å². The second-order valence-electron chi connectivity index (χ2n) is 5.15. The van der Waals surface area contributed by atoms with Crippen LogP contribution in [-0.2, 0) is 6.42 Å². The van der Waals surface area contributed by atoms with E-state index >= 15 is 0 Å². The molecule has 4 rings (SSSR count). The first-order valence-electron chi connectivity index (χ1n) is 6.88. The Morgan fingerprint density at radius 1 is 0.800 bits per heavy atom. The molecular weight excluding hydrogens is 249 g/mol. The molecule has 1 heterocycles. The Morgan fingerprint density at radius 2 is 1.65 bits per heavy atom. The zero-order valence-electron chi connectivity index (χ0n) is 11.0. The third kappa shape index (κ3) is 1.61. The molecular formula is C18H14FN. The van der Waals surface area contributed by atoms with Gasteiger partial charge in [0.25, 0.3) is 0 Å². The van der Waals surface area contributed by atoms with Crippen molar-refractivity contribution in [1.29, 1.82) is 0 Å². The topological polar surface area (TPSA) is 12.0 Å². The molecule has 1 aliphatic heterocycles. The number of nitrogens with one attached hydrogen (secondary N) is 1. The molecule has 0 amide bonds. The Labute approximate surface area is 117 Å². The number of hydrogen-bond donors (Lipinski definition) is 1. The van der Waals surface area contributed by atoms with Gasteiger partial charge in [0.05, 0.1) is 0 Å². The molecule has 0 spiro atoms. The summed E-state index contributed by atoms with van der Waals surface area (Å²) >= 11 is 0. The molecule has 1 nitrogen and oxygen atoms in total. The summed E-state index contributed by atoms with van der Waals surface area (Å²) in [6.45, 7) is 0.978. The van der Waals surface area contributed by atoms with Crippen LogP contribution in [0, 0.1) is 5.82 Å². The first kappa shape index (κ1) is 11.5. The summed E-state index contributed by atoms with van der Waals surface area (Å²) in [5.41, 5.74) is 4.87. The van der Waals surface area contributed by atoms with Crippen molar-refractivity contribution in [2.75, 3.05) is 11.9 Å². The van der Waals surface area contributed by atoms with Gasteiger partial charge in [-0.25, -0.2) is 4.39 Å². The number of halogens is 1. The molecule has 0 atom stereocenters. The highest BCUT2D eigenvalue weighted by molar-refractivity contribution is 5.98. The van der Waals surface area contributed by atoms with Crippen molar-refractivity contribution in [2.24, 2.45) is 0 Å². The van der Waals surface area contributed by atoms with E-state index in [1.165, 1.54) is 16.8 Å². The smallest absolute Gasteiger partial charge is 0.131 e. The van der Waals surface area contributed by atoms with Crippen LogP contribution in [0.1, 0.15) is 5.56 Å². The zero-order chi connectivity index (χ0) is 13.5. The number of benzene rings is 3. The summed E-state index contributed by atoms with van der Waals surface area (Å²) in [7, 11) is 0. The molecule has 2 heteroatoms. The van der Waals surface area contributed by atoms with E-state index in [0.717, 1.165) is 23.9 Å². The van der Waals surface area contributed by atoms with Crippen LogP contribution in [0.15, 0.2) is 54.6 Å². The van der Waals surface area contributed by atoms with Gasteiger partial charge in [-0.3, -0.25) is 0 Å². The fraction of sp³-hybridized carbons (Fsp3) is 0.111. The Bertz CT molecular complexity index is 808. The van der Waals surface area contributed by atoms with Crippen LogP contribution in [0.2, 0.25) is 0 Å². The minimum Gasteiger partial charge on any atom is -0.384 e. The number of rotatable bonds is 1. The van der Waals surface area contributed by atoms with Crippen LogP contribution in [0.5, 0.6) is 0 Å². The van der Waals surface area contributed by atoms with Crippen molar-refractivity contribution in [2.45, 2.75) is 6.42 Å². The molecule has 0 saturated heterocycles. The summed E-state index contributed by atoms with van der Waals surface area (Å²) in [6, 6.07) is 17.4. The quantitative estimate of drug-likeness (QED) is 0.675. The minimum atomic E-state index is -0.157. The van der Waals surface area contributed by atoms with E-state index in [2.05, 4.69) is 23.5 Å². The Hall–Kier alpha value is -2.35. The van der Waals surface area contributed by atoms with Crippen LogP contribution in [-0.4, -0.2) is 6.54 Å². The van der Waals surface area contributed by atoms with Crippen LogP contribution in [0.3, 0.4) is 0 Å². The van der Waals surface area contributed by atoms with Crippen molar-refractivity contribution in [3.05, 3.63) is 66.0 Å². The molecule has 20 heavy (non-hydrogen) atoms. The number of fused-ring (bicyclic) bond motifs is 2. The second-order valence-corrected chi connectivity index (χ2v) is 5.15. The Kier molecular flexibility index (Phi) is 2.49. The van der Waals surface area contributed by atoms with Crippen molar-refractivity contribution >= 4 is 16.5 Å². The lowest BCUT2D eigenvalue weighted by molar-refractivity contribution is 0.640. The molecule has 0 bridgehead atoms. The SMILES string of the molecule is Fc1ccc(-c2cccc3c2CCN3)c2ccccc12. The van der Waals surface area contributed by atoms with Gasteiger partial charge in [0.2, 0.25) is 0 Å². The standard InChI is InChI=1S/C18H14FN/c19-17-9-8-14(12-4-1-2-5-15(12)17)13-6-3-7-18-16(13)10-11-20-18/h1-9,20H,10-11H2. The van der Waals surface area contributed by atoms with Gasteiger partial charge in [0.15, 0.2) is 0 Å². The van der Waals surface area contributed by atoms with Gasteiger partial charge in [0.1, 0.15) is 5.82 Å². The van der Waals surface area contributed by atoms with E-state index in [1.807, 2.05) is 30.3 Å². The molecule has 3 aromatic carbocycles. The molecule has 0 unspecified atom stereocenters. The summed E-state index contributed by atoms with van der Waals surface area (Å²) in [6.07, 6.45) is 1.03. The fourth-order valence-corrected chi connectivity index (χ4v) is 3.09. The fourth-order valence-electron chi connectivity index (χ4n) is 3.09. The minimum absolute atomic E-state index is 0.157. The van der Waals surface area contributed by atoms with Crippen LogP contribution >= 0.6 is 0 Å². The van der Waals surface area contributed by atoms with Gasteiger partial charge < -0.3 is 5.32 Å². The van der Waals surface area contributed by atoms with Crippen LogP contribution in [0.4, 0.5) is 10.1 Å². The second kappa shape index (κ2) is 4.34. The summed E-state index contributed by atoms with van der Waals surface area (Å²) in [4.78, 5) is 0. The molecule has 3 aromatic rings. The predicted octanol–water partition coefficient (Wildman–Crippen LogP) is 4.61. The molecule has 0 radical (unpaired) electrons. The van der Waals surface area contributed by atoms with E-state index in [4.69, 9.17) is 0 Å². The van der Waals surface area contributed by atoms with Crippen molar-refractivity contribution < 1.29 is 4.39 Å². The maximum Gasteiger partial charge on any atom is 0.131 e. The lowest BCUT2D eigenvalue weighted by atomic mass is 9.93. The van der Waals surface area contributed by atoms with Crippen LogP contribution < -0.4 is 5.32 Å². The molecule has 0 aliphatic carbocycles. The van der Waals surface area contributed by atoms with Crippen molar-refractivity contribution in [3.8, 4) is 11.1 Å². The van der Waals surface area contributed by atoms with Gasteiger partial charge in [0, 0.05) is 17.6 Å². The van der Waals surface area contributed by atoms with E-state index < -0.39 is 0 Å². The number of hydrogen-bond acceptors (Lipinski definition) is 1. The van der Waals surface area contributed by atoms with Gasteiger partial charge in [-0.15, -0.1) is 0 Å².